The molecular formula is C13H14BrN3O. The number of anilines is 1. The third-order valence-electron chi connectivity index (χ3n) is 2.69. The summed E-state index contributed by atoms with van der Waals surface area (Å²) in [4.78, 5) is 3.02. The Hall–Kier alpha value is -1.88. The summed E-state index contributed by atoms with van der Waals surface area (Å²) in [5, 5.41) is 9.73. The van der Waals surface area contributed by atoms with Crippen LogP contribution in [0.3, 0.4) is 0 Å². The lowest BCUT2D eigenvalue weighted by molar-refractivity contribution is 0.473. The molecule has 1 heterocycles. The monoisotopic (exact) mass is 307 g/mol. The zero-order valence-corrected chi connectivity index (χ0v) is 11.5. The van der Waals surface area contributed by atoms with E-state index in [2.05, 4.69) is 20.9 Å². The number of phenolic OH excluding ortho intramolecular Hbond substituents is 1. The van der Waals surface area contributed by atoms with Gasteiger partial charge in [0.2, 0.25) is 0 Å². The van der Waals surface area contributed by atoms with Gasteiger partial charge in [-0.3, -0.25) is 0 Å². The van der Waals surface area contributed by atoms with Crippen LogP contribution in [0.25, 0.3) is 11.8 Å². The first-order valence-corrected chi connectivity index (χ1v) is 6.19. The molecule has 0 spiro atoms. The molecule has 0 atom stereocenters. The Labute approximate surface area is 113 Å². The number of halogens is 1. The van der Waals surface area contributed by atoms with E-state index in [0.717, 1.165) is 15.7 Å². The maximum atomic E-state index is 9.73. The lowest BCUT2D eigenvalue weighted by atomic mass is 10.1. The van der Waals surface area contributed by atoms with Crippen LogP contribution in [-0.2, 0) is 0 Å². The van der Waals surface area contributed by atoms with Crippen molar-refractivity contribution in [3.05, 3.63) is 45.6 Å². The fourth-order valence-electron chi connectivity index (χ4n) is 1.74. The second-order valence-corrected chi connectivity index (χ2v) is 4.80. The van der Waals surface area contributed by atoms with Gasteiger partial charge in [0.1, 0.15) is 11.6 Å². The van der Waals surface area contributed by atoms with Crippen molar-refractivity contribution in [3.63, 3.8) is 0 Å². The molecule has 0 fully saturated rings. The molecule has 0 unspecified atom stereocenters. The molecule has 2 rings (SSSR count). The zero-order valence-electron chi connectivity index (χ0n) is 9.87. The van der Waals surface area contributed by atoms with E-state index in [4.69, 9.17) is 11.5 Å². The van der Waals surface area contributed by atoms with Crippen molar-refractivity contribution in [3.8, 4) is 5.75 Å². The fourth-order valence-corrected chi connectivity index (χ4v) is 2.16. The van der Waals surface area contributed by atoms with Crippen LogP contribution in [0.1, 0.15) is 16.8 Å². The normalized spacial score (nSPS) is 11.8. The highest BCUT2D eigenvalue weighted by Gasteiger charge is 2.10. The summed E-state index contributed by atoms with van der Waals surface area (Å²) in [6.07, 6.45) is 1.73. The standard InChI is InChI=1S/C13H14BrN3O/c1-7-12(14)9(13(16)17-7)6-10(15)8-4-2-3-5-11(8)18/h2-6,17-18H,15-16H2,1H3/b10-6-. The minimum atomic E-state index is 0.146. The summed E-state index contributed by atoms with van der Waals surface area (Å²) in [5.41, 5.74) is 14.6. The number of hydrogen-bond acceptors (Lipinski definition) is 3. The Bertz CT molecular complexity index is 617. The van der Waals surface area contributed by atoms with Gasteiger partial charge in [0.15, 0.2) is 0 Å². The van der Waals surface area contributed by atoms with E-state index in [9.17, 15) is 5.11 Å². The van der Waals surface area contributed by atoms with E-state index in [1.165, 1.54) is 0 Å². The number of aromatic amines is 1. The van der Waals surface area contributed by atoms with Crippen molar-refractivity contribution in [2.45, 2.75) is 6.92 Å². The Morgan fingerprint density at radius 3 is 2.61 bits per heavy atom. The summed E-state index contributed by atoms with van der Waals surface area (Å²) >= 11 is 3.45. The molecule has 1 aromatic carbocycles. The van der Waals surface area contributed by atoms with Crippen molar-refractivity contribution in [2.75, 3.05) is 5.73 Å². The van der Waals surface area contributed by atoms with Crippen molar-refractivity contribution >= 4 is 33.5 Å². The Morgan fingerprint density at radius 1 is 1.39 bits per heavy atom. The second-order valence-electron chi connectivity index (χ2n) is 4.01. The number of aryl methyl sites for hydroxylation is 1. The molecule has 94 valence electrons. The van der Waals surface area contributed by atoms with Crippen molar-refractivity contribution in [1.29, 1.82) is 0 Å². The molecule has 0 aliphatic rings. The highest BCUT2D eigenvalue weighted by molar-refractivity contribution is 9.10. The lowest BCUT2D eigenvalue weighted by Crippen LogP contribution is -1.97. The number of nitrogens with one attached hydrogen (secondary N) is 1. The van der Waals surface area contributed by atoms with Gasteiger partial charge in [0, 0.05) is 27.0 Å². The van der Waals surface area contributed by atoms with Gasteiger partial charge in [-0.1, -0.05) is 12.1 Å². The summed E-state index contributed by atoms with van der Waals surface area (Å²) in [5.74, 6) is 0.686. The van der Waals surface area contributed by atoms with E-state index in [0.29, 0.717) is 17.1 Å². The topological polar surface area (TPSA) is 88.1 Å². The quantitative estimate of drug-likeness (QED) is 0.688. The maximum absolute atomic E-state index is 9.73. The fraction of sp³-hybridized carbons (Fsp3) is 0.0769. The molecule has 18 heavy (non-hydrogen) atoms. The van der Waals surface area contributed by atoms with E-state index in [-0.39, 0.29) is 5.75 Å². The Morgan fingerprint density at radius 2 is 2.06 bits per heavy atom. The third-order valence-corrected chi connectivity index (χ3v) is 3.71. The number of H-pyrrole nitrogens is 1. The molecule has 0 aliphatic heterocycles. The minimum Gasteiger partial charge on any atom is -0.507 e. The van der Waals surface area contributed by atoms with Crippen LogP contribution in [0.5, 0.6) is 5.75 Å². The van der Waals surface area contributed by atoms with Crippen LogP contribution in [0.4, 0.5) is 5.82 Å². The Kier molecular flexibility index (Phi) is 3.34. The van der Waals surface area contributed by atoms with Gasteiger partial charge in [-0.05, 0) is 41.1 Å². The first kappa shape index (κ1) is 12.6. The molecule has 0 aliphatic carbocycles. The molecule has 0 radical (unpaired) electrons. The third kappa shape index (κ3) is 2.22. The first-order chi connectivity index (χ1) is 8.50. The molecule has 0 bridgehead atoms. The molecule has 2 aromatic rings. The maximum Gasteiger partial charge on any atom is 0.124 e. The van der Waals surface area contributed by atoms with Crippen LogP contribution in [0.2, 0.25) is 0 Å². The second kappa shape index (κ2) is 4.78. The molecule has 0 saturated heterocycles. The number of nitrogens with two attached hydrogens (primary N) is 2. The van der Waals surface area contributed by atoms with Crippen molar-refractivity contribution in [1.82, 2.24) is 4.98 Å². The molecular weight excluding hydrogens is 294 g/mol. The largest absolute Gasteiger partial charge is 0.507 e. The number of phenols is 1. The van der Waals surface area contributed by atoms with E-state index >= 15 is 0 Å². The van der Waals surface area contributed by atoms with Gasteiger partial charge in [-0.2, -0.15) is 0 Å². The van der Waals surface area contributed by atoms with Crippen LogP contribution in [0, 0.1) is 6.92 Å². The number of rotatable bonds is 2. The van der Waals surface area contributed by atoms with Gasteiger partial charge in [-0.25, -0.2) is 0 Å². The smallest absolute Gasteiger partial charge is 0.124 e. The van der Waals surface area contributed by atoms with Crippen LogP contribution < -0.4 is 11.5 Å². The summed E-state index contributed by atoms with van der Waals surface area (Å²) < 4.78 is 0.873. The summed E-state index contributed by atoms with van der Waals surface area (Å²) in [6, 6.07) is 6.91. The number of hydrogen-bond donors (Lipinski definition) is 4. The van der Waals surface area contributed by atoms with Gasteiger partial charge in [-0.15, -0.1) is 0 Å². The number of para-hydroxylation sites is 1. The van der Waals surface area contributed by atoms with E-state index in [1.54, 1.807) is 24.3 Å². The highest BCUT2D eigenvalue weighted by atomic mass is 79.9. The van der Waals surface area contributed by atoms with E-state index < -0.39 is 0 Å². The molecule has 6 N–H and O–H groups in total. The summed E-state index contributed by atoms with van der Waals surface area (Å²) in [6.45, 7) is 1.91. The predicted molar refractivity (Wildman–Crippen MR) is 77.8 cm³/mol. The van der Waals surface area contributed by atoms with Gasteiger partial charge in [0.25, 0.3) is 0 Å². The highest BCUT2D eigenvalue weighted by Crippen LogP contribution is 2.30. The van der Waals surface area contributed by atoms with Crippen molar-refractivity contribution < 1.29 is 5.11 Å². The molecule has 0 saturated carbocycles. The Balaban J connectivity index is 2.48. The van der Waals surface area contributed by atoms with Gasteiger partial charge in [0.05, 0.1) is 0 Å². The average molecular weight is 308 g/mol. The van der Waals surface area contributed by atoms with E-state index in [1.807, 2.05) is 13.0 Å². The SMILES string of the molecule is Cc1[nH]c(N)c(/C=C(\N)c2ccccc2O)c1Br. The number of aromatic hydroxyl groups is 1. The van der Waals surface area contributed by atoms with Gasteiger partial charge < -0.3 is 21.6 Å². The van der Waals surface area contributed by atoms with Gasteiger partial charge >= 0.3 is 0 Å². The molecule has 5 heteroatoms. The first-order valence-electron chi connectivity index (χ1n) is 5.39. The lowest BCUT2D eigenvalue weighted by Gasteiger charge is -2.04. The summed E-state index contributed by atoms with van der Waals surface area (Å²) in [7, 11) is 0. The molecule has 4 nitrogen and oxygen atoms in total. The van der Waals surface area contributed by atoms with Crippen LogP contribution in [0.15, 0.2) is 28.7 Å². The number of aromatic nitrogens is 1. The van der Waals surface area contributed by atoms with Crippen molar-refractivity contribution in [2.24, 2.45) is 5.73 Å². The number of benzene rings is 1. The molecule has 0 amide bonds. The number of nitrogen functional groups attached to an aromatic ring is 1. The average Bonchev–Trinajstić information content (AvgIpc) is 2.56. The van der Waals surface area contributed by atoms with Crippen LogP contribution >= 0.6 is 15.9 Å². The zero-order chi connectivity index (χ0) is 13.3. The van der Waals surface area contributed by atoms with Crippen LogP contribution in [-0.4, -0.2) is 10.1 Å². The molecule has 1 aromatic heterocycles. The predicted octanol–water partition coefficient (Wildman–Crippen LogP) is 2.83. The minimum absolute atomic E-state index is 0.146.